The number of anilines is 1. The molecule has 0 bridgehead atoms. The molecule has 2 aromatic heterocycles. The zero-order valence-electron chi connectivity index (χ0n) is 14.4. The lowest BCUT2D eigenvalue weighted by Gasteiger charge is -2.13. The highest BCUT2D eigenvalue weighted by Gasteiger charge is 2.31. The molecule has 1 saturated carbocycles. The van der Waals surface area contributed by atoms with E-state index in [2.05, 4.69) is 15.8 Å². The normalized spacial score (nSPS) is 16.4. The van der Waals surface area contributed by atoms with Gasteiger partial charge in [0, 0.05) is 10.9 Å². The molecule has 0 radical (unpaired) electrons. The van der Waals surface area contributed by atoms with Crippen molar-refractivity contribution in [3.8, 4) is 0 Å². The number of thiophene rings is 1. The van der Waals surface area contributed by atoms with Crippen LogP contribution in [0.4, 0.5) is 5.00 Å². The van der Waals surface area contributed by atoms with Crippen molar-refractivity contribution in [1.29, 1.82) is 0 Å². The smallest absolute Gasteiger partial charge is 0.261 e. The van der Waals surface area contributed by atoms with Gasteiger partial charge in [0.1, 0.15) is 16.3 Å². The highest BCUT2D eigenvalue weighted by molar-refractivity contribution is 7.17. The van der Waals surface area contributed by atoms with E-state index in [4.69, 9.17) is 4.52 Å². The van der Waals surface area contributed by atoms with Gasteiger partial charge in [-0.2, -0.15) is 0 Å². The van der Waals surface area contributed by atoms with Crippen LogP contribution in [0, 0.1) is 13.8 Å². The highest BCUT2D eigenvalue weighted by Crippen LogP contribution is 2.39. The summed E-state index contributed by atoms with van der Waals surface area (Å²) < 4.78 is 5.09. The van der Waals surface area contributed by atoms with Crippen LogP contribution >= 0.6 is 11.3 Å². The molecule has 0 saturated heterocycles. The van der Waals surface area contributed by atoms with Crippen LogP contribution in [-0.4, -0.2) is 23.0 Å². The molecule has 6 nitrogen and oxygen atoms in total. The molecular formula is C18H21N3O3S. The second-order valence-electron chi connectivity index (χ2n) is 6.82. The van der Waals surface area contributed by atoms with Crippen LogP contribution in [0.3, 0.4) is 0 Å². The highest BCUT2D eigenvalue weighted by atomic mass is 32.1. The molecule has 132 valence electrons. The zero-order chi connectivity index (χ0) is 17.6. The monoisotopic (exact) mass is 359 g/mol. The first kappa shape index (κ1) is 16.3. The van der Waals surface area contributed by atoms with E-state index in [1.165, 1.54) is 16.2 Å². The largest absolute Gasteiger partial charge is 0.361 e. The molecule has 2 heterocycles. The van der Waals surface area contributed by atoms with Crippen LogP contribution in [0.25, 0.3) is 0 Å². The third-order valence-corrected chi connectivity index (χ3v) is 6.01. The number of carbonyl (C=O) groups is 2. The molecular weight excluding hydrogens is 338 g/mol. The van der Waals surface area contributed by atoms with Crippen molar-refractivity contribution in [3.63, 3.8) is 0 Å². The second-order valence-corrected chi connectivity index (χ2v) is 7.92. The third-order valence-electron chi connectivity index (χ3n) is 4.80. The summed E-state index contributed by atoms with van der Waals surface area (Å²) in [6.45, 7) is 3.46. The van der Waals surface area contributed by atoms with Crippen LogP contribution in [0.1, 0.15) is 68.3 Å². The number of aromatic nitrogens is 1. The molecule has 0 spiro atoms. The average molecular weight is 359 g/mol. The van der Waals surface area contributed by atoms with Gasteiger partial charge >= 0.3 is 0 Å². The molecule has 4 rings (SSSR count). The minimum absolute atomic E-state index is 0.0593. The molecule has 2 aliphatic rings. The fraction of sp³-hybridized carbons (Fsp3) is 0.500. The third kappa shape index (κ3) is 3.08. The van der Waals surface area contributed by atoms with E-state index < -0.39 is 0 Å². The Bertz CT molecular complexity index is 829. The van der Waals surface area contributed by atoms with E-state index in [1.807, 2.05) is 0 Å². The van der Waals surface area contributed by atoms with Gasteiger partial charge in [-0.1, -0.05) is 5.16 Å². The van der Waals surface area contributed by atoms with Gasteiger partial charge in [0.15, 0.2) is 0 Å². The molecule has 2 amide bonds. The minimum Gasteiger partial charge on any atom is -0.361 e. The SMILES string of the molecule is Cc1noc(C)c1C(=O)Nc1sc2c(c1C(=O)NC1CC1)CCCC2. The Morgan fingerprint density at radius 2 is 1.88 bits per heavy atom. The Balaban J connectivity index is 1.67. The van der Waals surface area contributed by atoms with Gasteiger partial charge in [0.05, 0.1) is 11.3 Å². The second kappa shape index (κ2) is 6.29. The summed E-state index contributed by atoms with van der Waals surface area (Å²) in [4.78, 5) is 26.7. The molecule has 0 atom stereocenters. The van der Waals surface area contributed by atoms with E-state index in [0.29, 0.717) is 27.6 Å². The molecule has 2 aliphatic carbocycles. The minimum atomic E-state index is -0.268. The molecule has 0 aromatic carbocycles. The van der Waals surface area contributed by atoms with Crippen molar-refractivity contribution in [1.82, 2.24) is 10.5 Å². The first-order chi connectivity index (χ1) is 12.0. The average Bonchev–Trinajstić information content (AvgIpc) is 3.21. The van der Waals surface area contributed by atoms with Crippen molar-refractivity contribution in [2.45, 2.75) is 58.4 Å². The summed E-state index contributed by atoms with van der Waals surface area (Å²) in [5.41, 5.74) is 2.77. The molecule has 1 fully saturated rings. The molecule has 0 unspecified atom stereocenters. The zero-order valence-corrected chi connectivity index (χ0v) is 15.2. The summed E-state index contributed by atoms with van der Waals surface area (Å²) in [6.07, 6.45) is 6.18. The van der Waals surface area contributed by atoms with Crippen LogP contribution in [-0.2, 0) is 12.8 Å². The number of hydrogen-bond acceptors (Lipinski definition) is 5. The maximum absolute atomic E-state index is 12.8. The van der Waals surface area contributed by atoms with Crippen LogP contribution in [0.15, 0.2) is 4.52 Å². The summed E-state index contributed by atoms with van der Waals surface area (Å²) in [7, 11) is 0. The summed E-state index contributed by atoms with van der Waals surface area (Å²) in [5.74, 6) is 0.159. The van der Waals surface area contributed by atoms with E-state index in [0.717, 1.165) is 44.1 Å². The summed E-state index contributed by atoms with van der Waals surface area (Å²) in [5, 5.41) is 10.5. The first-order valence-corrected chi connectivity index (χ1v) is 9.56. The van der Waals surface area contributed by atoms with Gasteiger partial charge in [-0.05, 0) is 57.9 Å². The number of amides is 2. The molecule has 7 heteroatoms. The van der Waals surface area contributed by atoms with E-state index >= 15 is 0 Å². The first-order valence-electron chi connectivity index (χ1n) is 8.74. The molecule has 2 aromatic rings. The van der Waals surface area contributed by atoms with Gasteiger partial charge < -0.3 is 15.2 Å². The number of aryl methyl sites for hydroxylation is 3. The topological polar surface area (TPSA) is 84.2 Å². The van der Waals surface area contributed by atoms with Gasteiger partial charge in [-0.3, -0.25) is 9.59 Å². The fourth-order valence-electron chi connectivity index (χ4n) is 3.35. The fourth-order valence-corrected chi connectivity index (χ4v) is 4.63. The lowest BCUT2D eigenvalue weighted by Crippen LogP contribution is -2.27. The van der Waals surface area contributed by atoms with E-state index in [-0.39, 0.29) is 17.9 Å². The van der Waals surface area contributed by atoms with E-state index in [1.54, 1.807) is 13.8 Å². The maximum atomic E-state index is 12.8. The Morgan fingerprint density at radius 3 is 2.56 bits per heavy atom. The number of rotatable bonds is 4. The van der Waals surface area contributed by atoms with Crippen LogP contribution < -0.4 is 10.6 Å². The Morgan fingerprint density at radius 1 is 1.12 bits per heavy atom. The standard InChI is InChI=1S/C18H21N3O3S/c1-9-14(10(2)24-21-9)16(22)20-18-15(17(23)19-11-7-8-11)12-5-3-4-6-13(12)25-18/h11H,3-8H2,1-2H3,(H,19,23)(H,20,22). The number of hydrogen-bond donors (Lipinski definition) is 2. The molecule has 25 heavy (non-hydrogen) atoms. The van der Waals surface area contributed by atoms with Gasteiger partial charge in [-0.25, -0.2) is 0 Å². The molecule has 2 N–H and O–H groups in total. The van der Waals surface area contributed by atoms with E-state index in [9.17, 15) is 9.59 Å². The predicted molar refractivity (Wildman–Crippen MR) is 95.4 cm³/mol. The quantitative estimate of drug-likeness (QED) is 0.876. The Kier molecular flexibility index (Phi) is 4.11. The lowest BCUT2D eigenvalue weighted by molar-refractivity contribution is 0.0951. The number of fused-ring (bicyclic) bond motifs is 1. The lowest BCUT2D eigenvalue weighted by atomic mass is 9.95. The number of carbonyl (C=O) groups excluding carboxylic acids is 2. The summed E-state index contributed by atoms with van der Waals surface area (Å²) >= 11 is 1.53. The van der Waals surface area contributed by atoms with Crippen LogP contribution in [0.5, 0.6) is 0 Å². The Labute approximate surface area is 150 Å². The molecule has 0 aliphatic heterocycles. The van der Waals surface area contributed by atoms with Crippen LogP contribution in [0.2, 0.25) is 0 Å². The van der Waals surface area contributed by atoms with Crippen molar-refractivity contribution in [3.05, 3.63) is 33.0 Å². The van der Waals surface area contributed by atoms with Crippen molar-refractivity contribution < 1.29 is 14.1 Å². The summed E-state index contributed by atoms with van der Waals surface area (Å²) in [6, 6.07) is 0.290. The van der Waals surface area contributed by atoms with Gasteiger partial charge in [0.2, 0.25) is 0 Å². The van der Waals surface area contributed by atoms with Crippen molar-refractivity contribution >= 4 is 28.2 Å². The number of nitrogens with one attached hydrogen (secondary N) is 2. The predicted octanol–water partition coefficient (Wildman–Crippen LogP) is 3.38. The maximum Gasteiger partial charge on any atom is 0.261 e. The van der Waals surface area contributed by atoms with Crippen molar-refractivity contribution in [2.24, 2.45) is 0 Å². The Hall–Kier alpha value is -2.15. The van der Waals surface area contributed by atoms with Crippen molar-refractivity contribution in [2.75, 3.05) is 5.32 Å². The number of nitrogens with zero attached hydrogens (tertiary/aromatic N) is 1. The van der Waals surface area contributed by atoms with Gasteiger partial charge in [0.25, 0.3) is 11.8 Å². The van der Waals surface area contributed by atoms with Gasteiger partial charge in [-0.15, -0.1) is 11.3 Å².